The van der Waals surface area contributed by atoms with E-state index in [0.29, 0.717) is 17.4 Å². The van der Waals surface area contributed by atoms with Crippen molar-refractivity contribution in [2.45, 2.75) is 25.3 Å². The van der Waals surface area contributed by atoms with Gasteiger partial charge in [-0.15, -0.1) is 5.10 Å². The van der Waals surface area contributed by atoms with Gasteiger partial charge in [0.2, 0.25) is 0 Å². The van der Waals surface area contributed by atoms with Crippen LogP contribution < -0.4 is 5.32 Å². The van der Waals surface area contributed by atoms with Crippen molar-refractivity contribution in [3.05, 3.63) is 65.5 Å². The number of nitrogens with one attached hydrogen (secondary N) is 1. The number of nitriles is 1. The van der Waals surface area contributed by atoms with Crippen molar-refractivity contribution < 1.29 is 26.3 Å². The number of benzene rings is 1. The molecule has 0 radical (unpaired) electrons. The van der Waals surface area contributed by atoms with Crippen LogP contribution in [0, 0.1) is 11.3 Å². The predicted octanol–water partition coefficient (Wildman–Crippen LogP) is 4.69. The van der Waals surface area contributed by atoms with E-state index in [1.54, 1.807) is 6.92 Å². The van der Waals surface area contributed by atoms with Crippen molar-refractivity contribution in [1.82, 2.24) is 29.9 Å². The molecular weight excluding hydrogens is 466 g/mol. The average Bonchev–Trinajstić information content (AvgIpc) is 3.27. The Hall–Kier alpha value is -4.28. The summed E-state index contributed by atoms with van der Waals surface area (Å²) in [5.74, 6) is 0.557. The van der Waals surface area contributed by atoms with E-state index >= 15 is 0 Å². The maximum Gasteiger partial charge on any atom is 0.418 e. The first kappa shape index (κ1) is 22.9. The molecule has 4 rings (SSSR count). The summed E-state index contributed by atoms with van der Waals surface area (Å²) in [5.41, 5.74) is -3.55. The van der Waals surface area contributed by atoms with Gasteiger partial charge in [-0.2, -0.15) is 46.5 Å². The molecule has 4 aromatic rings. The Morgan fingerprint density at radius 3 is 2.41 bits per heavy atom. The van der Waals surface area contributed by atoms with Gasteiger partial charge in [0.05, 0.1) is 34.6 Å². The van der Waals surface area contributed by atoms with Crippen molar-refractivity contribution in [2.75, 3.05) is 5.32 Å². The number of alkyl halides is 6. The third kappa shape index (κ3) is 4.32. The third-order valence-electron chi connectivity index (χ3n) is 4.80. The number of anilines is 1. The lowest BCUT2D eigenvalue weighted by atomic mass is 10.0. The van der Waals surface area contributed by atoms with Gasteiger partial charge in [0.25, 0.3) is 0 Å². The standard InChI is InChI=1S/C20H12F6N8/c1-10(18-29-9-31-34(18)16-3-2-11(6-27)7-28-16)32-15-8-30-33-17-13(15)4-12(19(21,22)23)5-14(17)20(24,25)26/h2-5,7-10H,1H3,(H,32,33). The number of nitrogens with zero attached hydrogens (tertiary/aromatic N) is 7. The zero-order valence-electron chi connectivity index (χ0n) is 17.0. The summed E-state index contributed by atoms with van der Waals surface area (Å²) in [6.07, 6.45) is -6.54. The molecule has 0 aliphatic rings. The lowest BCUT2D eigenvalue weighted by Crippen LogP contribution is -2.16. The van der Waals surface area contributed by atoms with Gasteiger partial charge in [0, 0.05) is 11.6 Å². The molecule has 0 saturated carbocycles. The van der Waals surface area contributed by atoms with Crippen molar-refractivity contribution >= 4 is 16.6 Å². The highest BCUT2D eigenvalue weighted by Crippen LogP contribution is 2.41. The van der Waals surface area contributed by atoms with E-state index in [-0.39, 0.29) is 17.6 Å². The lowest BCUT2D eigenvalue weighted by Gasteiger charge is -2.19. The van der Waals surface area contributed by atoms with Gasteiger partial charge in [-0.1, -0.05) is 0 Å². The first-order valence-corrected chi connectivity index (χ1v) is 9.46. The molecule has 0 fully saturated rings. The summed E-state index contributed by atoms with van der Waals surface area (Å²) in [7, 11) is 0. The summed E-state index contributed by atoms with van der Waals surface area (Å²) >= 11 is 0. The smallest absolute Gasteiger partial charge is 0.373 e. The zero-order valence-corrected chi connectivity index (χ0v) is 17.0. The van der Waals surface area contributed by atoms with E-state index in [1.165, 1.54) is 29.3 Å². The number of hydrogen-bond donors (Lipinski definition) is 1. The fourth-order valence-electron chi connectivity index (χ4n) is 3.25. The summed E-state index contributed by atoms with van der Waals surface area (Å²) in [6.45, 7) is 1.58. The Morgan fingerprint density at radius 1 is 1.03 bits per heavy atom. The first-order valence-electron chi connectivity index (χ1n) is 9.46. The molecular formula is C20H12F6N8. The number of aromatic nitrogens is 6. The summed E-state index contributed by atoms with van der Waals surface area (Å²) < 4.78 is 81.8. The average molecular weight is 478 g/mol. The molecule has 14 heteroatoms. The number of halogens is 6. The summed E-state index contributed by atoms with van der Waals surface area (Å²) in [5, 5.41) is 22.4. The molecule has 1 aromatic carbocycles. The van der Waals surface area contributed by atoms with E-state index < -0.39 is 40.4 Å². The Kier molecular flexibility index (Phi) is 5.56. The topological polar surface area (TPSA) is 105 Å². The van der Waals surface area contributed by atoms with Crippen molar-refractivity contribution in [2.24, 2.45) is 0 Å². The third-order valence-corrected chi connectivity index (χ3v) is 4.80. The summed E-state index contributed by atoms with van der Waals surface area (Å²) in [4.78, 5) is 8.22. The highest BCUT2D eigenvalue weighted by atomic mass is 19.4. The molecule has 1 atom stereocenters. The fourth-order valence-corrected chi connectivity index (χ4v) is 3.25. The minimum atomic E-state index is -5.08. The first-order chi connectivity index (χ1) is 16.0. The van der Waals surface area contributed by atoms with E-state index in [9.17, 15) is 26.3 Å². The van der Waals surface area contributed by atoms with Crippen LogP contribution in [0.2, 0.25) is 0 Å². The minimum Gasteiger partial charge on any atom is -0.373 e. The lowest BCUT2D eigenvalue weighted by molar-refractivity contribution is -0.142. The molecule has 0 bridgehead atoms. The van der Waals surface area contributed by atoms with Crippen LogP contribution in [0.5, 0.6) is 0 Å². The quantitative estimate of drug-likeness (QED) is 0.425. The fraction of sp³-hybridized carbons (Fsp3) is 0.200. The van der Waals surface area contributed by atoms with Gasteiger partial charge < -0.3 is 5.32 Å². The van der Waals surface area contributed by atoms with Crippen LogP contribution in [0.15, 0.2) is 43.0 Å². The zero-order chi connectivity index (χ0) is 24.7. The second-order valence-electron chi connectivity index (χ2n) is 7.09. The Balaban J connectivity index is 1.77. The number of fused-ring (bicyclic) bond motifs is 1. The maximum atomic E-state index is 13.5. The van der Waals surface area contributed by atoms with E-state index in [0.717, 1.165) is 6.20 Å². The largest absolute Gasteiger partial charge is 0.418 e. The van der Waals surface area contributed by atoms with Gasteiger partial charge in [-0.05, 0) is 31.2 Å². The van der Waals surface area contributed by atoms with Crippen molar-refractivity contribution in [1.29, 1.82) is 5.26 Å². The van der Waals surface area contributed by atoms with Crippen LogP contribution in [0.3, 0.4) is 0 Å². The van der Waals surface area contributed by atoms with Crippen LogP contribution >= 0.6 is 0 Å². The molecule has 1 N–H and O–H groups in total. The molecule has 3 aromatic heterocycles. The minimum absolute atomic E-state index is 0.0113. The van der Waals surface area contributed by atoms with Crippen LogP contribution in [0.4, 0.5) is 32.0 Å². The molecule has 0 spiro atoms. The molecule has 8 nitrogen and oxygen atoms in total. The van der Waals surface area contributed by atoms with Crippen LogP contribution in [0.25, 0.3) is 16.7 Å². The van der Waals surface area contributed by atoms with Crippen LogP contribution in [-0.2, 0) is 12.4 Å². The number of pyridine rings is 1. The van der Waals surface area contributed by atoms with Gasteiger partial charge in [0.1, 0.15) is 17.9 Å². The predicted molar refractivity (Wildman–Crippen MR) is 105 cm³/mol. The molecule has 174 valence electrons. The Bertz CT molecular complexity index is 1390. The van der Waals surface area contributed by atoms with Crippen molar-refractivity contribution in [3.63, 3.8) is 0 Å². The van der Waals surface area contributed by atoms with Crippen LogP contribution in [0.1, 0.15) is 35.5 Å². The van der Waals surface area contributed by atoms with E-state index in [2.05, 4.69) is 30.6 Å². The highest BCUT2D eigenvalue weighted by Gasteiger charge is 2.39. The van der Waals surface area contributed by atoms with Crippen molar-refractivity contribution in [3.8, 4) is 11.9 Å². The monoisotopic (exact) mass is 478 g/mol. The molecule has 0 aliphatic heterocycles. The maximum absolute atomic E-state index is 13.5. The number of hydrogen-bond acceptors (Lipinski definition) is 7. The molecule has 0 aliphatic carbocycles. The normalized spacial score (nSPS) is 13.0. The molecule has 1 unspecified atom stereocenters. The second kappa shape index (κ2) is 8.25. The highest BCUT2D eigenvalue weighted by molar-refractivity contribution is 5.93. The van der Waals surface area contributed by atoms with Gasteiger partial charge in [-0.25, -0.2) is 9.97 Å². The Morgan fingerprint density at radius 2 is 1.79 bits per heavy atom. The van der Waals surface area contributed by atoms with Crippen LogP contribution in [-0.4, -0.2) is 29.9 Å². The van der Waals surface area contributed by atoms with Gasteiger partial charge in [-0.3, -0.25) is 0 Å². The van der Waals surface area contributed by atoms with E-state index in [1.807, 2.05) is 6.07 Å². The molecule has 34 heavy (non-hydrogen) atoms. The molecule has 0 amide bonds. The molecule has 3 heterocycles. The number of rotatable bonds is 4. The summed E-state index contributed by atoms with van der Waals surface area (Å²) in [6, 6.07) is 4.78. The van der Waals surface area contributed by atoms with Gasteiger partial charge in [0.15, 0.2) is 11.6 Å². The van der Waals surface area contributed by atoms with E-state index in [4.69, 9.17) is 5.26 Å². The SMILES string of the molecule is CC(Nc1cnnc2c(C(F)(F)F)cc(C(F)(F)F)cc12)c1ncnn1-c1ccc(C#N)cn1. The van der Waals surface area contributed by atoms with Gasteiger partial charge >= 0.3 is 12.4 Å². The Labute approximate surface area is 186 Å². The second-order valence-corrected chi connectivity index (χ2v) is 7.09. The molecule has 0 saturated heterocycles.